The van der Waals surface area contributed by atoms with Crippen molar-refractivity contribution >= 4 is 21.7 Å². The fourth-order valence-electron chi connectivity index (χ4n) is 3.16. The van der Waals surface area contributed by atoms with Crippen molar-refractivity contribution in [3.8, 4) is 0 Å². The summed E-state index contributed by atoms with van der Waals surface area (Å²) in [4.78, 5) is 16.0. The van der Waals surface area contributed by atoms with Crippen LogP contribution in [0.15, 0.2) is 53.7 Å². The smallest absolute Gasteiger partial charge is 0.338 e. The lowest BCUT2D eigenvalue weighted by Crippen LogP contribution is -2.42. The van der Waals surface area contributed by atoms with Crippen LogP contribution >= 0.6 is 0 Å². The van der Waals surface area contributed by atoms with E-state index in [1.54, 1.807) is 6.07 Å². The first-order valence-corrected chi connectivity index (χ1v) is 10.7. The zero-order chi connectivity index (χ0) is 21.8. The van der Waals surface area contributed by atoms with Crippen molar-refractivity contribution in [3.05, 3.63) is 54.4 Å². The maximum Gasteiger partial charge on any atom is 0.416 e. The first-order valence-electron chi connectivity index (χ1n) is 9.28. The van der Waals surface area contributed by atoms with Gasteiger partial charge in [0.25, 0.3) is 0 Å². The molecule has 2 N–H and O–H groups in total. The number of sulfonamides is 1. The number of urea groups is 1. The number of amides is 2. The van der Waals surface area contributed by atoms with E-state index in [1.165, 1.54) is 34.9 Å². The van der Waals surface area contributed by atoms with Gasteiger partial charge in [-0.2, -0.15) is 17.5 Å². The van der Waals surface area contributed by atoms with Crippen LogP contribution in [0.2, 0.25) is 0 Å². The molecule has 0 bridgehead atoms. The summed E-state index contributed by atoms with van der Waals surface area (Å²) in [5.41, 5.74) is -0.542. The number of carbonyl (C=O) groups excluding carboxylic acids is 1. The van der Waals surface area contributed by atoms with E-state index >= 15 is 0 Å². The van der Waals surface area contributed by atoms with Crippen LogP contribution in [0, 0.1) is 5.92 Å². The largest absolute Gasteiger partial charge is 0.416 e. The van der Waals surface area contributed by atoms with E-state index in [0.717, 1.165) is 12.1 Å². The average Bonchev–Trinajstić information content (AvgIpc) is 2.73. The third kappa shape index (κ3) is 5.48. The van der Waals surface area contributed by atoms with Gasteiger partial charge in [-0.15, -0.1) is 0 Å². The molecule has 3 rings (SSSR count). The molecule has 162 valence electrons. The number of anilines is 1. The molecule has 1 saturated heterocycles. The highest BCUT2D eigenvalue weighted by molar-refractivity contribution is 7.89. The molecule has 11 heteroatoms. The Hall–Kier alpha value is -2.66. The predicted octanol–water partition coefficient (Wildman–Crippen LogP) is 3.32. The molecule has 1 aliphatic heterocycles. The molecule has 0 spiro atoms. The second kappa shape index (κ2) is 9.00. The quantitative estimate of drug-likeness (QED) is 0.743. The number of nitrogens with one attached hydrogen (secondary N) is 2. The molecule has 1 fully saturated rings. The first kappa shape index (κ1) is 22.0. The summed E-state index contributed by atoms with van der Waals surface area (Å²) in [6, 6.07) is 6.71. The van der Waals surface area contributed by atoms with Crippen molar-refractivity contribution < 1.29 is 26.4 Å². The van der Waals surface area contributed by atoms with E-state index in [4.69, 9.17) is 0 Å². The molecule has 1 aromatic heterocycles. The maximum absolute atomic E-state index is 12.6. The zero-order valence-electron chi connectivity index (χ0n) is 15.9. The molecule has 0 radical (unpaired) electrons. The standard InChI is InChI=1S/C19H21F3N4O3S/c20-19(21,22)15-3-5-16(6-4-15)25-18(27)24-12-14-7-10-26(11-8-14)30(28,29)17-2-1-9-23-13-17/h1-6,9,13-14H,7-8,10-12H2,(H2,24,25,27). The lowest BCUT2D eigenvalue weighted by molar-refractivity contribution is -0.137. The fourth-order valence-corrected chi connectivity index (χ4v) is 4.59. The van der Waals surface area contributed by atoms with Crippen LogP contribution in [0.25, 0.3) is 0 Å². The topological polar surface area (TPSA) is 91.4 Å². The summed E-state index contributed by atoms with van der Waals surface area (Å²) in [5.74, 6) is 0.101. The number of piperidine rings is 1. The Kier molecular flexibility index (Phi) is 6.61. The number of aromatic nitrogens is 1. The Labute approximate surface area is 172 Å². The minimum atomic E-state index is -4.43. The molecule has 0 saturated carbocycles. The van der Waals surface area contributed by atoms with E-state index in [1.807, 2.05) is 0 Å². The highest BCUT2D eigenvalue weighted by atomic mass is 32.2. The predicted molar refractivity (Wildman–Crippen MR) is 104 cm³/mol. The monoisotopic (exact) mass is 442 g/mol. The first-order chi connectivity index (χ1) is 14.2. The molecule has 7 nitrogen and oxygen atoms in total. The Morgan fingerprint density at radius 2 is 1.80 bits per heavy atom. The van der Waals surface area contributed by atoms with Crippen LogP contribution in [-0.2, 0) is 16.2 Å². The highest BCUT2D eigenvalue weighted by Gasteiger charge is 2.30. The Balaban J connectivity index is 1.45. The van der Waals surface area contributed by atoms with Crippen LogP contribution in [-0.4, -0.2) is 43.4 Å². The fraction of sp³-hybridized carbons (Fsp3) is 0.368. The number of hydrogen-bond acceptors (Lipinski definition) is 4. The van der Waals surface area contributed by atoms with E-state index in [-0.39, 0.29) is 16.5 Å². The molecule has 0 unspecified atom stereocenters. The number of alkyl halides is 3. The van der Waals surface area contributed by atoms with Gasteiger partial charge in [-0.25, -0.2) is 13.2 Å². The second-order valence-electron chi connectivity index (χ2n) is 6.95. The van der Waals surface area contributed by atoms with Crippen molar-refractivity contribution in [1.29, 1.82) is 0 Å². The minimum absolute atomic E-state index is 0.101. The third-order valence-electron chi connectivity index (χ3n) is 4.87. The molecule has 2 heterocycles. The van der Waals surface area contributed by atoms with Crippen molar-refractivity contribution in [2.45, 2.75) is 23.9 Å². The van der Waals surface area contributed by atoms with Crippen LogP contribution in [0.5, 0.6) is 0 Å². The molecule has 0 aliphatic carbocycles. The van der Waals surface area contributed by atoms with E-state index in [2.05, 4.69) is 15.6 Å². The lowest BCUT2D eigenvalue weighted by atomic mass is 9.98. The Bertz CT molecular complexity index is 959. The van der Waals surface area contributed by atoms with Crippen molar-refractivity contribution in [1.82, 2.24) is 14.6 Å². The van der Waals surface area contributed by atoms with Crippen LogP contribution in [0.1, 0.15) is 18.4 Å². The number of hydrogen-bond donors (Lipinski definition) is 2. The van der Waals surface area contributed by atoms with Gasteiger partial charge in [-0.05, 0) is 55.2 Å². The van der Waals surface area contributed by atoms with Gasteiger partial charge in [0.05, 0.1) is 5.56 Å². The van der Waals surface area contributed by atoms with Crippen molar-refractivity contribution in [2.24, 2.45) is 5.92 Å². The molecular formula is C19H21F3N4O3S. The van der Waals surface area contributed by atoms with E-state index < -0.39 is 27.8 Å². The van der Waals surface area contributed by atoms with E-state index in [9.17, 15) is 26.4 Å². The lowest BCUT2D eigenvalue weighted by Gasteiger charge is -2.31. The highest BCUT2D eigenvalue weighted by Crippen LogP contribution is 2.29. The molecular weight excluding hydrogens is 421 g/mol. The summed E-state index contributed by atoms with van der Waals surface area (Å²) in [6.45, 7) is 1.02. The number of nitrogens with zero attached hydrogens (tertiary/aromatic N) is 2. The Morgan fingerprint density at radius 1 is 1.13 bits per heavy atom. The Morgan fingerprint density at radius 3 is 2.37 bits per heavy atom. The molecule has 2 amide bonds. The molecule has 2 aromatic rings. The van der Waals surface area contributed by atoms with Gasteiger partial charge in [-0.3, -0.25) is 4.98 Å². The SMILES string of the molecule is O=C(NCC1CCN(S(=O)(=O)c2cccnc2)CC1)Nc1ccc(C(F)(F)F)cc1. The summed E-state index contributed by atoms with van der Waals surface area (Å²) < 4.78 is 64.3. The molecule has 30 heavy (non-hydrogen) atoms. The molecule has 1 aliphatic rings. The zero-order valence-corrected chi connectivity index (χ0v) is 16.7. The maximum atomic E-state index is 12.6. The number of halogens is 3. The average molecular weight is 442 g/mol. The van der Waals surface area contributed by atoms with Gasteiger partial charge in [-0.1, -0.05) is 0 Å². The second-order valence-corrected chi connectivity index (χ2v) is 8.88. The summed E-state index contributed by atoms with van der Waals surface area (Å²) in [6.07, 6.45) is -0.443. The van der Waals surface area contributed by atoms with E-state index in [0.29, 0.717) is 32.5 Å². The number of benzene rings is 1. The summed E-state index contributed by atoms with van der Waals surface area (Å²) in [7, 11) is -3.58. The van der Waals surface area contributed by atoms with Gasteiger partial charge in [0.15, 0.2) is 0 Å². The van der Waals surface area contributed by atoms with Gasteiger partial charge < -0.3 is 10.6 Å². The summed E-state index contributed by atoms with van der Waals surface area (Å²) >= 11 is 0. The van der Waals surface area contributed by atoms with Crippen LogP contribution in [0.3, 0.4) is 0 Å². The normalized spacial score (nSPS) is 16.2. The number of pyridine rings is 1. The van der Waals surface area contributed by atoms with Gasteiger partial charge in [0, 0.05) is 37.7 Å². The third-order valence-corrected chi connectivity index (χ3v) is 6.75. The van der Waals surface area contributed by atoms with Crippen LogP contribution in [0.4, 0.5) is 23.7 Å². The molecule has 0 atom stereocenters. The number of rotatable bonds is 5. The van der Waals surface area contributed by atoms with Crippen molar-refractivity contribution in [2.75, 3.05) is 25.0 Å². The van der Waals surface area contributed by atoms with Gasteiger partial charge >= 0.3 is 12.2 Å². The molecule has 1 aromatic carbocycles. The van der Waals surface area contributed by atoms with Gasteiger partial charge in [0.2, 0.25) is 10.0 Å². The summed E-state index contributed by atoms with van der Waals surface area (Å²) in [5, 5.41) is 5.16. The van der Waals surface area contributed by atoms with Gasteiger partial charge in [0.1, 0.15) is 4.90 Å². The van der Waals surface area contributed by atoms with Crippen LogP contribution < -0.4 is 10.6 Å². The number of carbonyl (C=O) groups is 1. The minimum Gasteiger partial charge on any atom is -0.338 e. The van der Waals surface area contributed by atoms with Crippen molar-refractivity contribution in [3.63, 3.8) is 0 Å².